The number of carbonyl (C=O) groups excluding carboxylic acids is 2. The lowest BCUT2D eigenvalue weighted by atomic mass is 9.77. The molecule has 3 aromatic rings. The lowest BCUT2D eigenvalue weighted by Gasteiger charge is -2.32. The minimum absolute atomic E-state index is 0.0294. The van der Waals surface area contributed by atoms with E-state index < -0.39 is 0 Å². The molecule has 3 saturated carbocycles. The summed E-state index contributed by atoms with van der Waals surface area (Å²) in [5.41, 5.74) is 2.47. The average Bonchev–Trinajstić information content (AvgIpc) is 3.69. The number of aromatic nitrogens is 3. The summed E-state index contributed by atoms with van der Waals surface area (Å²) in [6.45, 7) is 0.345. The van der Waals surface area contributed by atoms with Gasteiger partial charge in [0.25, 0.3) is 5.91 Å². The van der Waals surface area contributed by atoms with Crippen LogP contribution in [-0.4, -0.2) is 39.2 Å². The van der Waals surface area contributed by atoms with Crippen LogP contribution in [0.2, 0.25) is 0 Å². The molecule has 4 fully saturated rings. The second-order valence-electron chi connectivity index (χ2n) is 10.7. The maximum absolute atomic E-state index is 12.8. The third kappa shape index (κ3) is 3.66. The summed E-state index contributed by atoms with van der Waals surface area (Å²) in [5.74, 6) is 2.38. The van der Waals surface area contributed by atoms with Crippen molar-refractivity contribution < 1.29 is 14.3 Å². The van der Waals surface area contributed by atoms with Gasteiger partial charge in [0.2, 0.25) is 5.91 Å². The summed E-state index contributed by atoms with van der Waals surface area (Å²) in [5, 5.41) is 11.8. The predicted molar refractivity (Wildman–Crippen MR) is 130 cm³/mol. The number of hydrogen-bond acceptors (Lipinski definition) is 5. The Kier molecular flexibility index (Phi) is 4.66. The molecule has 1 aliphatic heterocycles. The van der Waals surface area contributed by atoms with E-state index in [0.29, 0.717) is 41.6 Å². The average molecular weight is 472 g/mol. The van der Waals surface area contributed by atoms with Crippen LogP contribution >= 0.6 is 0 Å². The number of anilines is 1. The van der Waals surface area contributed by atoms with E-state index in [9.17, 15) is 9.59 Å². The van der Waals surface area contributed by atoms with Crippen molar-refractivity contribution in [1.82, 2.24) is 20.1 Å². The highest BCUT2D eigenvalue weighted by Gasteiger charge is 2.75. The molecule has 0 radical (unpaired) electrons. The van der Waals surface area contributed by atoms with Gasteiger partial charge in [-0.1, -0.05) is 6.07 Å². The molecule has 1 spiro atoms. The number of benzene rings is 1. The van der Waals surface area contributed by atoms with Gasteiger partial charge in [-0.3, -0.25) is 19.3 Å². The second kappa shape index (κ2) is 7.80. The summed E-state index contributed by atoms with van der Waals surface area (Å²) in [6, 6.07) is 9.48. The summed E-state index contributed by atoms with van der Waals surface area (Å²) in [7, 11) is 0. The number of nitrogens with zero attached hydrogens (tertiary/aromatic N) is 3. The largest absolute Gasteiger partial charge is 0.489 e. The van der Waals surface area contributed by atoms with Crippen LogP contribution in [0.1, 0.15) is 61.5 Å². The maximum atomic E-state index is 12.8. The van der Waals surface area contributed by atoms with Crippen molar-refractivity contribution in [3.05, 3.63) is 48.4 Å². The highest BCUT2D eigenvalue weighted by molar-refractivity contribution is 6.05. The van der Waals surface area contributed by atoms with E-state index in [4.69, 9.17) is 9.84 Å². The molecule has 2 N–H and O–H groups in total. The summed E-state index contributed by atoms with van der Waals surface area (Å²) in [6.07, 6.45) is 11.5. The number of pyridine rings is 1. The molecule has 8 nitrogen and oxygen atoms in total. The van der Waals surface area contributed by atoms with E-state index in [2.05, 4.69) is 26.5 Å². The quantitative estimate of drug-likeness (QED) is 0.564. The van der Waals surface area contributed by atoms with Gasteiger partial charge in [0, 0.05) is 30.3 Å². The van der Waals surface area contributed by atoms with Crippen molar-refractivity contribution in [1.29, 1.82) is 0 Å². The number of fused-ring (bicyclic) bond motifs is 4. The van der Waals surface area contributed by atoms with Crippen molar-refractivity contribution >= 4 is 28.4 Å². The van der Waals surface area contributed by atoms with Gasteiger partial charge in [0.05, 0.1) is 23.3 Å². The highest BCUT2D eigenvalue weighted by Crippen LogP contribution is 2.82. The molecule has 35 heavy (non-hydrogen) atoms. The molecule has 180 valence electrons. The van der Waals surface area contributed by atoms with E-state index in [1.54, 1.807) is 24.4 Å². The molecule has 2 amide bonds. The predicted octanol–water partition coefficient (Wildman–Crippen LogP) is 4.09. The van der Waals surface area contributed by atoms with Crippen LogP contribution < -0.4 is 15.4 Å². The van der Waals surface area contributed by atoms with Crippen LogP contribution in [0.15, 0.2) is 42.7 Å². The Morgan fingerprint density at radius 3 is 2.74 bits per heavy atom. The van der Waals surface area contributed by atoms with Crippen LogP contribution in [0.4, 0.5) is 5.69 Å². The molecule has 7 rings (SSSR count). The molecule has 2 aromatic heterocycles. The number of ether oxygens (including phenoxy) is 1. The Bertz CT molecular complexity index is 1300. The van der Waals surface area contributed by atoms with Crippen LogP contribution in [0.3, 0.4) is 0 Å². The van der Waals surface area contributed by atoms with Gasteiger partial charge in [-0.05, 0) is 74.0 Å². The number of hydrogen-bond donors (Lipinski definition) is 2. The number of amides is 2. The zero-order valence-electron chi connectivity index (χ0n) is 19.6. The number of rotatable bonds is 6. The lowest BCUT2D eigenvalue weighted by molar-refractivity contribution is -0.119. The Morgan fingerprint density at radius 1 is 1.20 bits per heavy atom. The summed E-state index contributed by atoms with van der Waals surface area (Å²) in [4.78, 5) is 28.6. The first-order chi connectivity index (χ1) is 17.1. The minimum Gasteiger partial charge on any atom is -0.489 e. The van der Waals surface area contributed by atoms with Crippen LogP contribution in [0.25, 0.3) is 10.9 Å². The third-order valence-electron chi connectivity index (χ3n) is 8.71. The van der Waals surface area contributed by atoms with Crippen molar-refractivity contribution in [2.24, 2.45) is 17.3 Å². The topological polar surface area (TPSA) is 98.1 Å². The van der Waals surface area contributed by atoms with Crippen LogP contribution in [0.5, 0.6) is 5.75 Å². The Labute approximate surface area is 203 Å². The highest BCUT2D eigenvalue weighted by atomic mass is 16.5. The SMILES string of the molecule is O=C1CC[C@H](COc2cc3nn(C4CCC5(CC4)C4CC45)cc3cc2NC(=O)c2ccccn2)N1. The molecule has 1 saturated heterocycles. The fourth-order valence-corrected chi connectivity index (χ4v) is 6.47. The van der Waals surface area contributed by atoms with Gasteiger partial charge in [0.15, 0.2) is 0 Å². The fourth-order valence-electron chi connectivity index (χ4n) is 6.47. The van der Waals surface area contributed by atoms with Crippen molar-refractivity contribution in [3.8, 4) is 5.75 Å². The van der Waals surface area contributed by atoms with E-state index in [1.165, 1.54) is 32.1 Å². The monoisotopic (exact) mass is 471 g/mol. The van der Waals surface area contributed by atoms with E-state index in [0.717, 1.165) is 29.2 Å². The van der Waals surface area contributed by atoms with Gasteiger partial charge >= 0.3 is 0 Å². The third-order valence-corrected chi connectivity index (χ3v) is 8.71. The Morgan fingerprint density at radius 2 is 2.06 bits per heavy atom. The van der Waals surface area contributed by atoms with Crippen LogP contribution in [-0.2, 0) is 4.79 Å². The summed E-state index contributed by atoms with van der Waals surface area (Å²) >= 11 is 0. The van der Waals surface area contributed by atoms with Crippen molar-refractivity contribution in [2.75, 3.05) is 11.9 Å². The standard InChI is InChI=1S/C27H29N5O3/c33-25-5-4-17(29-25)15-35-24-13-22-16(11-23(24)30-26(34)21-3-1-2-10-28-21)14-32(31-22)18-6-8-27(9-7-18)19-12-20(19)27/h1-3,10-11,13-14,17-20H,4-9,12,15H2,(H,29,33)(H,30,34)/t17-,18?,19?,20?,27?/m1/s1. The van der Waals surface area contributed by atoms with E-state index in [1.807, 2.05) is 12.1 Å². The van der Waals surface area contributed by atoms with Gasteiger partial charge in [0.1, 0.15) is 18.1 Å². The molecule has 3 atom stereocenters. The molecule has 1 aromatic carbocycles. The van der Waals surface area contributed by atoms with Gasteiger partial charge in [-0.15, -0.1) is 0 Å². The zero-order valence-corrected chi connectivity index (χ0v) is 19.6. The molecule has 0 bridgehead atoms. The van der Waals surface area contributed by atoms with Crippen molar-refractivity contribution in [2.45, 2.75) is 57.0 Å². The van der Waals surface area contributed by atoms with E-state index >= 15 is 0 Å². The minimum atomic E-state index is -0.295. The van der Waals surface area contributed by atoms with Crippen LogP contribution in [0, 0.1) is 17.3 Å². The smallest absolute Gasteiger partial charge is 0.274 e. The Balaban J connectivity index is 1.14. The number of nitrogens with one attached hydrogen (secondary N) is 2. The second-order valence-corrected chi connectivity index (χ2v) is 10.7. The van der Waals surface area contributed by atoms with Gasteiger partial charge in [-0.25, -0.2) is 0 Å². The molecule has 3 heterocycles. The lowest BCUT2D eigenvalue weighted by Crippen LogP contribution is -2.31. The van der Waals surface area contributed by atoms with Gasteiger partial charge < -0.3 is 15.4 Å². The zero-order chi connectivity index (χ0) is 23.6. The van der Waals surface area contributed by atoms with E-state index in [-0.39, 0.29) is 17.9 Å². The maximum Gasteiger partial charge on any atom is 0.274 e. The van der Waals surface area contributed by atoms with Crippen molar-refractivity contribution in [3.63, 3.8) is 0 Å². The molecule has 3 aliphatic carbocycles. The fraction of sp³-hybridized carbons (Fsp3) is 0.481. The molecule has 4 aliphatic rings. The Hall–Kier alpha value is -3.42. The molecule has 8 heteroatoms. The summed E-state index contributed by atoms with van der Waals surface area (Å²) < 4.78 is 8.24. The first kappa shape index (κ1) is 20.9. The van der Waals surface area contributed by atoms with Gasteiger partial charge in [-0.2, -0.15) is 5.10 Å². The molecule has 2 unspecified atom stereocenters. The normalized spacial score (nSPS) is 30.7. The molecular weight excluding hydrogens is 442 g/mol. The first-order valence-electron chi connectivity index (χ1n) is 12.8. The molecular formula is C27H29N5O3. The first-order valence-corrected chi connectivity index (χ1v) is 12.8. The number of carbonyl (C=O) groups is 2.